The highest BCUT2D eigenvalue weighted by Gasteiger charge is 2.25. The molecule has 13 heavy (non-hydrogen) atoms. The highest BCUT2D eigenvalue weighted by molar-refractivity contribution is 9.09. The van der Waals surface area contributed by atoms with Gasteiger partial charge in [-0.05, 0) is 25.7 Å². The van der Waals surface area contributed by atoms with Crippen molar-refractivity contribution in [1.29, 1.82) is 0 Å². The Bertz CT molecular complexity index is 161. The summed E-state index contributed by atoms with van der Waals surface area (Å²) in [5.41, 5.74) is 0. The molecule has 1 fully saturated rings. The first-order chi connectivity index (χ1) is 6.25. The average Bonchev–Trinajstić information content (AvgIpc) is 2.18. The molecule has 0 heterocycles. The molecule has 0 aliphatic heterocycles. The van der Waals surface area contributed by atoms with Crippen LogP contribution < -0.4 is 0 Å². The first kappa shape index (κ1) is 11.3. The van der Waals surface area contributed by atoms with E-state index in [0.717, 1.165) is 0 Å². The van der Waals surface area contributed by atoms with Gasteiger partial charge in [-0.3, -0.25) is 0 Å². The summed E-state index contributed by atoms with van der Waals surface area (Å²) in [6.45, 7) is 1.99. The van der Waals surface area contributed by atoms with Crippen LogP contribution in [-0.4, -0.2) is 16.0 Å². The molecule has 0 spiro atoms. The van der Waals surface area contributed by atoms with Crippen molar-refractivity contribution < 1.29 is 5.11 Å². The second-order valence-corrected chi connectivity index (χ2v) is 4.92. The summed E-state index contributed by atoms with van der Waals surface area (Å²) in [6, 6.07) is 0. The van der Waals surface area contributed by atoms with Gasteiger partial charge in [0.2, 0.25) is 0 Å². The summed E-state index contributed by atoms with van der Waals surface area (Å²) in [4.78, 5) is 0.139. The van der Waals surface area contributed by atoms with Crippen molar-refractivity contribution in [3.63, 3.8) is 0 Å². The molecule has 2 atom stereocenters. The van der Waals surface area contributed by atoms with Gasteiger partial charge in [0, 0.05) is 0 Å². The highest BCUT2D eigenvalue weighted by atomic mass is 79.9. The van der Waals surface area contributed by atoms with Gasteiger partial charge in [-0.2, -0.15) is 0 Å². The number of allylic oxidation sites excluding steroid dienone is 1. The number of rotatable bonds is 3. The van der Waals surface area contributed by atoms with Gasteiger partial charge < -0.3 is 5.11 Å². The lowest BCUT2D eigenvalue weighted by Gasteiger charge is -2.28. The topological polar surface area (TPSA) is 20.2 Å². The van der Waals surface area contributed by atoms with Crippen LogP contribution in [0.4, 0.5) is 0 Å². The molecule has 0 bridgehead atoms. The Kier molecular flexibility index (Phi) is 5.04. The van der Waals surface area contributed by atoms with Gasteiger partial charge in [-0.1, -0.05) is 47.3 Å². The summed E-state index contributed by atoms with van der Waals surface area (Å²) >= 11 is 3.50. The minimum Gasteiger partial charge on any atom is -0.391 e. The fourth-order valence-corrected chi connectivity index (χ4v) is 2.77. The van der Waals surface area contributed by atoms with Gasteiger partial charge >= 0.3 is 0 Å². The molecule has 1 rings (SSSR count). The zero-order valence-corrected chi connectivity index (χ0v) is 9.83. The standard InChI is InChI=1S/C11H19BrO/c1-2-6-10(12)11(13)9-7-4-3-5-8-9/h2,6,9-11,13H,3-5,7-8H2,1H3/b6-2+/t10-,11+/m0/s1. The molecule has 76 valence electrons. The van der Waals surface area contributed by atoms with Gasteiger partial charge in [0.25, 0.3) is 0 Å². The Labute approximate surface area is 89.4 Å². The molecule has 1 saturated carbocycles. The minimum absolute atomic E-state index is 0.139. The second kappa shape index (κ2) is 5.82. The van der Waals surface area contributed by atoms with Gasteiger partial charge in [0.05, 0.1) is 10.9 Å². The maximum absolute atomic E-state index is 9.98. The van der Waals surface area contributed by atoms with Crippen LogP contribution in [0.2, 0.25) is 0 Å². The molecule has 1 aliphatic carbocycles. The quantitative estimate of drug-likeness (QED) is 0.599. The summed E-state index contributed by atoms with van der Waals surface area (Å²) in [6.07, 6.45) is 10.1. The summed E-state index contributed by atoms with van der Waals surface area (Å²) in [5.74, 6) is 0.509. The molecule has 0 saturated heterocycles. The smallest absolute Gasteiger partial charge is 0.0728 e. The fourth-order valence-electron chi connectivity index (χ4n) is 2.03. The van der Waals surface area contributed by atoms with Crippen molar-refractivity contribution >= 4 is 15.9 Å². The van der Waals surface area contributed by atoms with Crippen molar-refractivity contribution in [2.24, 2.45) is 5.92 Å². The number of halogens is 1. The predicted molar refractivity (Wildman–Crippen MR) is 60.1 cm³/mol. The van der Waals surface area contributed by atoms with E-state index in [1.54, 1.807) is 0 Å². The Morgan fingerprint density at radius 2 is 1.92 bits per heavy atom. The van der Waals surface area contributed by atoms with E-state index in [4.69, 9.17) is 0 Å². The van der Waals surface area contributed by atoms with E-state index in [2.05, 4.69) is 15.9 Å². The second-order valence-electron chi connectivity index (χ2n) is 3.86. The third-order valence-corrected chi connectivity index (χ3v) is 3.68. The lowest BCUT2D eigenvalue weighted by molar-refractivity contribution is 0.0929. The largest absolute Gasteiger partial charge is 0.391 e. The Balaban J connectivity index is 2.39. The molecule has 0 aromatic carbocycles. The SMILES string of the molecule is C/C=C/[C@H](Br)[C@H](O)C1CCCCC1. The minimum atomic E-state index is -0.198. The average molecular weight is 247 g/mol. The van der Waals surface area contributed by atoms with Crippen LogP contribution in [0.1, 0.15) is 39.0 Å². The van der Waals surface area contributed by atoms with E-state index in [1.165, 1.54) is 32.1 Å². The van der Waals surface area contributed by atoms with Crippen LogP contribution in [0.3, 0.4) is 0 Å². The normalized spacial score (nSPS) is 24.8. The zero-order chi connectivity index (χ0) is 9.68. The van der Waals surface area contributed by atoms with Gasteiger partial charge in [0.15, 0.2) is 0 Å². The van der Waals surface area contributed by atoms with E-state index >= 15 is 0 Å². The van der Waals surface area contributed by atoms with Gasteiger partial charge in [-0.25, -0.2) is 0 Å². The molecule has 2 heteroatoms. The maximum atomic E-state index is 9.98. The molecule has 0 radical (unpaired) electrons. The van der Waals surface area contributed by atoms with Crippen molar-refractivity contribution in [3.8, 4) is 0 Å². The number of alkyl halides is 1. The van der Waals surface area contributed by atoms with E-state index in [1.807, 2.05) is 19.1 Å². The molecular weight excluding hydrogens is 228 g/mol. The Morgan fingerprint density at radius 1 is 1.31 bits per heavy atom. The molecule has 1 aliphatic rings. The lowest BCUT2D eigenvalue weighted by Crippen LogP contribution is -2.29. The molecule has 0 aromatic heterocycles. The van der Waals surface area contributed by atoms with E-state index in [-0.39, 0.29) is 10.9 Å². The van der Waals surface area contributed by atoms with Crippen LogP contribution in [0.5, 0.6) is 0 Å². The third-order valence-electron chi connectivity index (χ3n) is 2.84. The summed E-state index contributed by atoms with van der Waals surface area (Å²) in [5, 5.41) is 9.98. The number of hydrogen-bond acceptors (Lipinski definition) is 1. The fraction of sp³-hybridized carbons (Fsp3) is 0.818. The van der Waals surface area contributed by atoms with E-state index < -0.39 is 0 Å². The summed E-state index contributed by atoms with van der Waals surface area (Å²) < 4.78 is 0. The predicted octanol–water partition coefficient (Wildman–Crippen LogP) is 3.27. The molecular formula is C11H19BrO. The molecule has 0 unspecified atom stereocenters. The number of aliphatic hydroxyl groups is 1. The zero-order valence-electron chi connectivity index (χ0n) is 8.25. The van der Waals surface area contributed by atoms with Crippen molar-refractivity contribution in [2.75, 3.05) is 0 Å². The van der Waals surface area contributed by atoms with Crippen LogP contribution >= 0.6 is 15.9 Å². The Morgan fingerprint density at radius 3 is 2.46 bits per heavy atom. The van der Waals surface area contributed by atoms with Crippen LogP contribution in [0, 0.1) is 5.92 Å². The lowest BCUT2D eigenvalue weighted by atomic mass is 9.84. The maximum Gasteiger partial charge on any atom is 0.0728 e. The number of hydrogen-bond donors (Lipinski definition) is 1. The van der Waals surface area contributed by atoms with Crippen LogP contribution in [-0.2, 0) is 0 Å². The van der Waals surface area contributed by atoms with Crippen LogP contribution in [0.25, 0.3) is 0 Å². The molecule has 0 amide bonds. The Hall–Kier alpha value is 0.180. The molecule has 1 N–H and O–H groups in total. The highest BCUT2D eigenvalue weighted by Crippen LogP contribution is 2.29. The van der Waals surface area contributed by atoms with Crippen molar-refractivity contribution in [1.82, 2.24) is 0 Å². The van der Waals surface area contributed by atoms with Crippen molar-refractivity contribution in [2.45, 2.75) is 50.0 Å². The summed E-state index contributed by atoms with van der Waals surface area (Å²) in [7, 11) is 0. The molecule has 0 aromatic rings. The van der Waals surface area contributed by atoms with Crippen molar-refractivity contribution in [3.05, 3.63) is 12.2 Å². The first-order valence-electron chi connectivity index (χ1n) is 5.20. The monoisotopic (exact) mass is 246 g/mol. The van der Waals surface area contributed by atoms with E-state index in [9.17, 15) is 5.11 Å². The van der Waals surface area contributed by atoms with Crippen LogP contribution in [0.15, 0.2) is 12.2 Å². The van der Waals surface area contributed by atoms with Gasteiger partial charge in [0.1, 0.15) is 0 Å². The molecule has 1 nitrogen and oxygen atoms in total. The van der Waals surface area contributed by atoms with E-state index in [0.29, 0.717) is 5.92 Å². The number of aliphatic hydroxyl groups excluding tert-OH is 1. The van der Waals surface area contributed by atoms with Gasteiger partial charge in [-0.15, -0.1) is 0 Å². The first-order valence-corrected chi connectivity index (χ1v) is 6.12. The third kappa shape index (κ3) is 3.43.